The average Bonchev–Trinajstić information content (AvgIpc) is 3.28. The van der Waals surface area contributed by atoms with Crippen LogP contribution in [0.3, 0.4) is 0 Å². The first-order valence-electron chi connectivity index (χ1n) is 9.86. The van der Waals surface area contributed by atoms with Crippen molar-refractivity contribution in [3.05, 3.63) is 21.5 Å². The summed E-state index contributed by atoms with van der Waals surface area (Å²) >= 11 is 2.59. The van der Waals surface area contributed by atoms with Crippen LogP contribution in [0.5, 0.6) is 0 Å². The summed E-state index contributed by atoms with van der Waals surface area (Å²) in [5, 5.41) is 4.08. The van der Waals surface area contributed by atoms with Gasteiger partial charge in [-0.3, -0.25) is 0 Å². The molecule has 2 heterocycles. The fourth-order valence-electron chi connectivity index (χ4n) is 1.33. The van der Waals surface area contributed by atoms with Crippen molar-refractivity contribution in [1.29, 1.82) is 0 Å². The van der Waals surface area contributed by atoms with Gasteiger partial charge in [0.15, 0.2) is 5.82 Å². The molecule has 0 saturated heterocycles. The number of rotatable bonds is 4. The maximum absolute atomic E-state index is 13.8. The highest BCUT2D eigenvalue weighted by Crippen LogP contribution is 2.33. The summed E-state index contributed by atoms with van der Waals surface area (Å²) in [6.45, 7) is 20.6. The number of thiophene rings is 2. The Morgan fingerprint density at radius 2 is 1.58 bits per heavy atom. The zero-order valence-electron chi connectivity index (χ0n) is 18.4. The third-order valence-electron chi connectivity index (χ3n) is 2.66. The van der Waals surface area contributed by atoms with Crippen LogP contribution in [-0.2, 0) is 4.74 Å². The van der Waals surface area contributed by atoms with Gasteiger partial charge in [0.05, 0.1) is 6.61 Å². The van der Waals surface area contributed by atoms with Crippen molar-refractivity contribution in [1.82, 2.24) is 0 Å². The number of carbonyl (C=O) groups is 1. The van der Waals surface area contributed by atoms with Gasteiger partial charge in [-0.15, -0.1) is 11.3 Å². The van der Waals surface area contributed by atoms with Crippen molar-refractivity contribution in [3.8, 4) is 0 Å². The number of fused-ring (bicyclic) bond motifs is 1. The van der Waals surface area contributed by atoms with Crippen LogP contribution >= 0.6 is 22.7 Å². The Hall–Kier alpha value is -0.940. The Kier molecular flexibility index (Phi) is 23.4. The van der Waals surface area contributed by atoms with Crippen molar-refractivity contribution >= 4 is 38.7 Å². The minimum Gasteiger partial charge on any atom is -0.461 e. The Morgan fingerprint density at radius 3 is 2.00 bits per heavy atom. The fraction of sp³-hybridized carbons (Fsp3) is 0.667. The minimum atomic E-state index is -0.547. The van der Waals surface area contributed by atoms with Crippen molar-refractivity contribution in [2.45, 2.75) is 82.1 Å². The third-order valence-corrected chi connectivity index (χ3v) is 4.66. The molecule has 2 rings (SSSR count). The number of carbonyl (C=O) groups excluding carboxylic acids is 1. The van der Waals surface area contributed by atoms with Gasteiger partial charge in [-0.25, -0.2) is 9.18 Å². The van der Waals surface area contributed by atoms with Crippen molar-refractivity contribution in [2.75, 3.05) is 6.61 Å². The second-order valence-corrected chi connectivity index (χ2v) is 6.51. The zero-order valence-corrected chi connectivity index (χ0v) is 20.0. The van der Waals surface area contributed by atoms with Crippen LogP contribution < -0.4 is 0 Å². The van der Waals surface area contributed by atoms with E-state index in [2.05, 4.69) is 13.8 Å². The van der Waals surface area contributed by atoms with E-state index >= 15 is 0 Å². The first-order valence-corrected chi connectivity index (χ1v) is 11.6. The molecule has 0 radical (unpaired) electrons. The van der Waals surface area contributed by atoms with E-state index in [4.69, 9.17) is 4.74 Å². The maximum Gasteiger partial charge on any atom is 0.351 e. The molecule has 0 aliphatic rings. The van der Waals surface area contributed by atoms with Gasteiger partial charge in [-0.05, 0) is 5.92 Å². The van der Waals surface area contributed by atoms with Crippen LogP contribution in [0.1, 0.15) is 91.8 Å². The van der Waals surface area contributed by atoms with Gasteiger partial charge in [0, 0.05) is 20.8 Å². The van der Waals surface area contributed by atoms with E-state index in [1.165, 1.54) is 17.8 Å². The normalized spacial score (nSPS) is 9.81. The molecular formula is C21H39FO2S2. The first kappa shape index (κ1) is 29.8. The van der Waals surface area contributed by atoms with Gasteiger partial charge in [0.1, 0.15) is 4.88 Å². The molecule has 0 aliphatic heterocycles. The molecule has 1 atom stereocenters. The SMILES string of the molecule is CC.CC.CC.CCC.CCC(C)COC(=O)c1sc2cscc2c1F. The highest BCUT2D eigenvalue weighted by Gasteiger charge is 2.20. The predicted octanol–water partition coefficient (Wildman–Crippen LogP) is 8.80. The number of halogens is 1. The summed E-state index contributed by atoms with van der Waals surface area (Å²) in [5.41, 5.74) is 0. The molecule has 0 spiro atoms. The minimum absolute atomic E-state index is 0.0890. The molecule has 154 valence electrons. The van der Waals surface area contributed by atoms with Crippen molar-refractivity contribution in [2.24, 2.45) is 5.92 Å². The maximum atomic E-state index is 13.8. The van der Waals surface area contributed by atoms with Crippen molar-refractivity contribution in [3.63, 3.8) is 0 Å². The highest BCUT2D eigenvalue weighted by molar-refractivity contribution is 7.24. The summed E-state index contributed by atoms with van der Waals surface area (Å²) in [5.74, 6) is -0.683. The molecule has 26 heavy (non-hydrogen) atoms. The van der Waals surface area contributed by atoms with Crippen LogP contribution in [0.15, 0.2) is 10.8 Å². The van der Waals surface area contributed by atoms with Crippen LogP contribution in [0.4, 0.5) is 4.39 Å². The average molecular weight is 407 g/mol. The van der Waals surface area contributed by atoms with E-state index in [-0.39, 0.29) is 4.88 Å². The van der Waals surface area contributed by atoms with Crippen LogP contribution in [0.25, 0.3) is 10.1 Å². The molecule has 2 nitrogen and oxygen atoms in total. The smallest absolute Gasteiger partial charge is 0.351 e. The quantitative estimate of drug-likeness (QED) is 0.474. The molecule has 2 aromatic heterocycles. The molecule has 2 aromatic rings. The van der Waals surface area contributed by atoms with E-state index in [0.29, 0.717) is 17.9 Å². The lowest BCUT2D eigenvalue weighted by Gasteiger charge is -2.08. The summed E-state index contributed by atoms with van der Waals surface area (Å²) in [6.07, 6.45) is 2.19. The number of hydrogen-bond donors (Lipinski definition) is 0. The second-order valence-electron chi connectivity index (χ2n) is 4.71. The van der Waals surface area contributed by atoms with Gasteiger partial charge >= 0.3 is 5.97 Å². The van der Waals surface area contributed by atoms with Crippen LogP contribution in [-0.4, -0.2) is 12.6 Å². The van der Waals surface area contributed by atoms with E-state index in [1.807, 2.05) is 60.8 Å². The molecule has 1 unspecified atom stereocenters. The van der Waals surface area contributed by atoms with Gasteiger partial charge in [-0.1, -0.05) is 82.1 Å². The van der Waals surface area contributed by atoms with E-state index < -0.39 is 11.8 Å². The van der Waals surface area contributed by atoms with E-state index in [9.17, 15) is 9.18 Å². The lowest BCUT2D eigenvalue weighted by Crippen LogP contribution is -2.11. The molecule has 0 bridgehead atoms. The molecule has 0 fully saturated rings. The third kappa shape index (κ3) is 10.9. The van der Waals surface area contributed by atoms with Gasteiger partial charge in [0.25, 0.3) is 0 Å². The van der Waals surface area contributed by atoms with Crippen LogP contribution in [0.2, 0.25) is 0 Å². The lowest BCUT2D eigenvalue weighted by atomic mass is 10.1. The Morgan fingerprint density at radius 1 is 1.08 bits per heavy atom. The Balaban J connectivity index is -0.000000509. The standard InChI is InChI=1S/C12H13FO2S2.C3H8.3C2H6/c1-3-7(2)4-15-12(14)11-10(13)8-5-16-6-9(8)17-11;1-3-2;3*1-2/h5-7H,3-4H2,1-2H3;3H2,1-2H3;3*1-2H3. The topological polar surface area (TPSA) is 26.3 Å². The van der Waals surface area contributed by atoms with Gasteiger partial charge in [0.2, 0.25) is 0 Å². The lowest BCUT2D eigenvalue weighted by molar-refractivity contribution is 0.0448. The van der Waals surface area contributed by atoms with Gasteiger partial charge in [-0.2, -0.15) is 11.3 Å². The summed E-state index contributed by atoms with van der Waals surface area (Å²) < 4.78 is 19.7. The first-order chi connectivity index (χ1) is 12.5. The largest absolute Gasteiger partial charge is 0.461 e. The molecule has 0 aliphatic carbocycles. The number of hydrogen-bond acceptors (Lipinski definition) is 4. The van der Waals surface area contributed by atoms with E-state index in [0.717, 1.165) is 22.5 Å². The monoisotopic (exact) mass is 406 g/mol. The molecule has 0 N–H and O–H groups in total. The molecule has 0 aromatic carbocycles. The molecule has 0 saturated carbocycles. The summed E-state index contributed by atoms with van der Waals surface area (Å²) in [4.78, 5) is 11.8. The second kappa shape index (κ2) is 20.4. The predicted molar refractivity (Wildman–Crippen MR) is 119 cm³/mol. The molecular weight excluding hydrogens is 367 g/mol. The summed E-state index contributed by atoms with van der Waals surface area (Å²) in [7, 11) is 0. The Bertz CT molecular complexity index is 547. The molecule has 0 amide bonds. The Labute approximate surface area is 168 Å². The fourth-order valence-corrected chi connectivity index (χ4v) is 3.27. The van der Waals surface area contributed by atoms with Gasteiger partial charge < -0.3 is 4.74 Å². The molecule has 5 heteroatoms. The number of esters is 1. The zero-order chi connectivity index (χ0) is 21.1. The van der Waals surface area contributed by atoms with Crippen molar-refractivity contribution < 1.29 is 13.9 Å². The number of ether oxygens (including phenoxy) is 1. The highest BCUT2D eigenvalue weighted by atomic mass is 32.1. The summed E-state index contributed by atoms with van der Waals surface area (Å²) in [6, 6.07) is 0. The van der Waals surface area contributed by atoms with Crippen LogP contribution in [0, 0.1) is 11.7 Å². The van der Waals surface area contributed by atoms with E-state index in [1.54, 1.807) is 5.38 Å².